The van der Waals surface area contributed by atoms with E-state index in [1.54, 1.807) is 0 Å². The minimum atomic E-state index is -0.452. The molecule has 2 fully saturated rings. The van der Waals surface area contributed by atoms with Crippen molar-refractivity contribution >= 4 is 17.7 Å². The van der Waals surface area contributed by atoms with Crippen LogP contribution in [-0.2, 0) is 9.53 Å². The Labute approximate surface area is 121 Å². The number of carbonyl (C=O) groups is 1. The molecule has 1 aliphatic carbocycles. The van der Waals surface area contributed by atoms with E-state index in [1.165, 1.54) is 45.6 Å². The number of thioether (sulfide) groups is 1. The fourth-order valence-electron chi connectivity index (χ4n) is 3.44. The largest absolute Gasteiger partial charge is 0.468 e. The van der Waals surface area contributed by atoms with Crippen LogP contribution in [0.15, 0.2) is 0 Å². The van der Waals surface area contributed by atoms with Gasteiger partial charge in [-0.15, -0.1) is 0 Å². The summed E-state index contributed by atoms with van der Waals surface area (Å²) in [7, 11) is 1.52. The number of methoxy groups -OCH3 is 1. The van der Waals surface area contributed by atoms with Crippen LogP contribution in [-0.4, -0.2) is 35.7 Å². The number of nitrogens with one attached hydrogen (secondary N) is 1. The zero-order chi connectivity index (χ0) is 13.7. The zero-order valence-corrected chi connectivity index (χ0v) is 13.1. The Bertz CT molecular complexity index is 303. The summed E-state index contributed by atoms with van der Waals surface area (Å²) in [5.41, 5.74) is -0.452. The van der Waals surface area contributed by atoms with E-state index in [0.717, 1.165) is 18.6 Å². The van der Waals surface area contributed by atoms with Gasteiger partial charge in [-0.05, 0) is 31.4 Å². The van der Waals surface area contributed by atoms with Gasteiger partial charge in [0.2, 0.25) is 0 Å². The topological polar surface area (TPSA) is 38.3 Å². The summed E-state index contributed by atoms with van der Waals surface area (Å²) >= 11 is 1.90. The molecule has 110 valence electrons. The Balaban J connectivity index is 2.10. The molecule has 2 aliphatic rings. The number of rotatable bonds is 3. The Hall–Kier alpha value is -0.220. The summed E-state index contributed by atoms with van der Waals surface area (Å²) in [4.78, 5) is 12.4. The predicted octanol–water partition coefficient (Wildman–Crippen LogP) is 3.13. The summed E-state index contributed by atoms with van der Waals surface area (Å²) in [6.45, 7) is 2.17. The highest BCUT2D eigenvalue weighted by Crippen LogP contribution is 2.36. The van der Waals surface area contributed by atoms with Crippen molar-refractivity contribution in [3.63, 3.8) is 0 Å². The third-order valence-corrected chi connectivity index (χ3v) is 6.07. The van der Waals surface area contributed by atoms with E-state index in [4.69, 9.17) is 4.74 Å². The van der Waals surface area contributed by atoms with Gasteiger partial charge >= 0.3 is 5.97 Å². The summed E-state index contributed by atoms with van der Waals surface area (Å²) in [5.74, 6) is 1.10. The van der Waals surface area contributed by atoms with E-state index in [0.29, 0.717) is 11.3 Å². The standard InChI is InChI=1S/C15H27NO2S/c1-12-15(14(17)18-2,10-7-11-19-12)16-13-8-5-3-4-6-9-13/h12-13,16H,3-11H2,1-2H3. The van der Waals surface area contributed by atoms with Gasteiger partial charge < -0.3 is 4.74 Å². The van der Waals surface area contributed by atoms with Crippen molar-refractivity contribution in [1.82, 2.24) is 5.32 Å². The summed E-state index contributed by atoms with van der Waals surface area (Å²) in [6.07, 6.45) is 9.69. The number of ether oxygens (including phenoxy) is 1. The van der Waals surface area contributed by atoms with Gasteiger partial charge in [0.1, 0.15) is 5.54 Å². The lowest BCUT2D eigenvalue weighted by Crippen LogP contribution is -2.63. The lowest BCUT2D eigenvalue weighted by atomic mass is 9.87. The second kappa shape index (κ2) is 6.98. The molecule has 4 heteroatoms. The molecule has 2 rings (SSSR count). The van der Waals surface area contributed by atoms with Crippen molar-refractivity contribution in [2.75, 3.05) is 12.9 Å². The molecule has 1 saturated carbocycles. The SMILES string of the molecule is COC(=O)C1(NC2CCCCCC2)CCCSC1C. The molecule has 1 saturated heterocycles. The molecule has 3 nitrogen and oxygen atoms in total. The maximum atomic E-state index is 12.4. The van der Waals surface area contributed by atoms with E-state index in [1.807, 2.05) is 11.8 Å². The van der Waals surface area contributed by atoms with Crippen LogP contribution in [0, 0.1) is 0 Å². The van der Waals surface area contributed by atoms with Crippen LogP contribution in [0.25, 0.3) is 0 Å². The van der Waals surface area contributed by atoms with Crippen molar-refractivity contribution in [1.29, 1.82) is 0 Å². The average molecular weight is 285 g/mol. The Morgan fingerprint density at radius 3 is 2.47 bits per heavy atom. The van der Waals surface area contributed by atoms with E-state index in [-0.39, 0.29) is 5.97 Å². The van der Waals surface area contributed by atoms with Crippen molar-refractivity contribution in [2.45, 2.75) is 75.1 Å². The Morgan fingerprint density at radius 1 is 1.21 bits per heavy atom. The minimum absolute atomic E-state index is 0.0588. The number of carbonyl (C=O) groups excluding carboxylic acids is 1. The second-order valence-electron chi connectivity index (χ2n) is 5.91. The summed E-state index contributed by atoms with van der Waals surface area (Å²) in [6, 6.07) is 0.489. The van der Waals surface area contributed by atoms with E-state index in [9.17, 15) is 4.79 Å². The molecule has 1 heterocycles. The summed E-state index contributed by atoms with van der Waals surface area (Å²) < 4.78 is 5.12. The highest BCUT2D eigenvalue weighted by atomic mass is 32.2. The average Bonchev–Trinajstić information content (AvgIpc) is 2.69. The molecule has 2 atom stereocenters. The van der Waals surface area contributed by atoms with Crippen molar-refractivity contribution in [3.8, 4) is 0 Å². The van der Waals surface area contributed by atoms with Gasteiger partial charge in [-0.3, -0.25) is 10.1 Å². The predicted molar refractivity (Wildman–Crippen MR) is 80.5 cm³/mol. The van der Waals surface area contributed by atoms with Crippen LogP contribution in [0.1, 0.15) is 58.3 Å². The molecule has 0 amide bonds. The molecule has 19 heavy (non-hydrogen) atoms. The molecule has 0 aromatic heterocycles. The number of hydrogen-bond donors (Lipinski definition) is 1. The lowest BCUT2D eigenvalue weighted by molar-refractivity contribution is -0.149. The first kappa shape index (κ1) is 15.2. The third kappa shape index (κ3) is 3.46. The zero-order valence-electron chi connectivity index (χ0n) is 12.2. The van der Waals surface area contributed by atoms with Gasteiger partial charge in [0.05, 0.1) is 7.11 Å². The normalized spacial score (nSPS) is 33.7. The first-order valence-corrected chi connectivity index (χ1v) is 8.71. The Morgan fingerprint density at radius 2 is 1.89 bits per heavy atom. The third-order valence-electron chi connectivity index (χ3n) is 4.64. The van der Waals surface area contributed by atoms with Crippen LogP contribution < -0.4 is 5.32 Å². The van der Waals surface area contributed by atoms with Gasteiger partial charge in [-0.2, -0.15) is 11.8 Å². The molecule has 0 radical (unpaired) electrons. The van der Waals surface area contributed by atoms with Crippen LogP contribution in [0.3, 0.4) is 0 Å². The highest BCUT2D eigenvalue weighted by molar-refractivity contribution is 8.00. The van der Waals surface area contributed by atoms with E-state index in [2.05, 4.69) is 12.2 Å². The van der Waals surface area contributed by atoms with Crippen LogP contribution in [0.5, 0.6) is 0 Å². The molecular weight excluding hydrogens is 258 g/mol. The number of esters is 1. The van der Waals surface area contributed by atoms with Gasteiger partial charge in [0, 0.05) is 11.3 Å². The van der Waals surface area contributed by atoms with Gasteiger partial charge in [0.15, 0.2) is 0 Å². The molecule has 0 spiro atoms. The highest BCUT2D eigenvalue weighted by Gasteiger charge is 2.47. The van der Waals surface area contributed by atoms with E-state index < -0.39 is 5.54 Å². The van der Waals surface area contributed by atoms with Crippen molar-refractivity contribution in [3.05, 3.63) is 0 Å². The number of hydrogen-bond acceptors (Lipinski definition) is 4. The second-order valence-corrected chi connectivity index (χ2v) is 7.36. The van der Waals surface area contributed by atoms with Crippen molar-refractivity contribution in [2.24, 2.45) is 0 Å². The lowest BCUT2D eigenvalue weighted by Gasteiger charge is -2.42. The molecule has 2 unspecified atom stereocenters. The fraction of sp³-hybridized carbons (Fsp3) is 0.933. The van der Waals surface area contributed by atoms with Gasteiger partial charge in [-0.25, -0.2) is 0 Å². The maximum Gasteiger partial charge on any atom is 0.327 e. The smallest absolute Gasteiger partial charge is 0.327 e. The summed E-state index contributed by atoms with van der Waals surface area (Å²) in [5, 5.41) is 4.02. The molecule has 1 aliphatic heterocycles. The quantitative estimate of drug-likeness (QED) is 0.639. The van der Waals surface area contributed by atoms with Gasteiger partial charge in [0.25, 0.3) is 0 Å². The molecule has 0 aromatic rings. The van der Waals surface area contributed by atoms with Crippen molar-refractivity contribution < 1.29 is 9.53 Å². The molecule has 0 bridgehead atoms. The molecule has 0 aromatic carbocycles. The minimum Gasteiger partial charge on any atom is -0.468 e. The van der Waals surface area contributed by atoms with Crippen LogP contribution in [0.4, 0.5) is 0 Å². The first-order valence-electron chi connectivity index (χ1n) is 7.67. The first-order chi connectivity index (χ1) is 9.19. The van der Waals surface area contributed by atoms with Crippen LogP contribution >= 0.6 is 11.8 Å². The fourth-order valence-corrected chi connectivity index (χ4v) is 4.67. The Kier molecular flexibility index (Phi) is 5.58. The van der Waals surface area contributed by atoms with Crippen LogP contribution in [0.2, 0.25) is 0 Å². The van der Waals surface area contributed by atoms with Gasteiger partial charge in [-0.1, -0.05) is 32.6 Å². The van der Waals surface area contributed by atoms with E-state index >= 15 is 0 Å². The maximum absolute atomic E-state index is 12.4. The monoisotopic (exact) mass is 285 g/mol. The molecular formula is C15H27NO2S. The molecule has 1 N–H and O–H groups in total.